The van der Waals surface area contributed by atoms with E-state index in [1.807, 2.05) is 5.38 Å². The fraction of sp³-hybridized carbons (Fsp3) is 0.429. The van der Waals surface area contributed by atoms with E-state index in [2.05, 4.69) is 38.2 Å². The van der Waals surface area contributed by atoms with Crippen LogP contribution in [0, 0.1) is 12.8 Å². The molecular weight excluding hydrogens is 304 g/mol. The van der Waals surface area contributed by atoms with Crippen LogP contribution in [0.3, 0.4) is 0 Å². The fourth-order valence-corrected chi connectivity index (χ4v) is 3.49. The predicted octanol–water partition coefficient (Wildman–Crippen LogP) is 1.63. The van der Waals surface area contributed by atoms with Gasteiger partial charge in [0, 0.05) is 16.7 Å². The Morgan fingerprint density at radius 2 is 2.36 bits per heavy atom. The number of amides is 1. The summed E-state index contributed by atoms with van der Waals surface area (Å²) in [6.07, 6.45) is 0.854. The molecule has 0 aliphatic heterocycles. The molecule has 1 amide bonds. The Kier molecular flexibility index (Phi) is 3.93. The first-order chi connectivity index (χ1) is 10.6. The van der Waals surface area contributed by atoms with Gasteiger partial charge in [-0.1, -0.05) is 0 Å². The topological polar surface area (TPSA) is 97.0 Å². The summed E-state index contributed by atoms with van der Waals surface area (Å²) in [5.74, 6) is 0.334. The molecule has 0 spiro atoms. The number of methoxy groups -OCH3 is 1. The third-order valence-corrected chi connectivity index (χ3v) is 4.82. The molecule has 2 aromatic rings. The van der Waals surface area contributed by atoms with Gasteiger partial charge in [-0.2, -0.15) is 4.98 Å². The minimum Gasteiger partial charge on any atom is -0.469 e. The van der Waals surface area contributed by atoms with Crippen LogP contribution < -0.4 is 5.32 Å². The predicted molar refractivity (Wildman–Crippen MR) is 80.6 cm³/mol. The zero-order valence-electron chi connectivity index (χ0n) is 12.3. The van der Waals surface area contributed by atoms with Crippen molar-refractivity contribution in [1.29, 1.82) is 0 Å². The first-order valence-corrected chi connectivity index (χ1v) is 7.79. The number of ether oxygens (including phenoxy) is 1. The van der Waals surface area contributed by atoms with Crippen LogP contribution in [0.25, 0.3) is 0 Å². The minimum atomic E-state index is -0.413. The molecule has 3 rings (SSSR count). The maximum atomic E-state index is 12.2. The van der Waals surface area contributed by atoms with Crippen molar-refractivity contribution >= 4 is 29.2 Å². The summed E-state index contributed by atoms with van der Waals surface area (Å²) < 4.78 is 4.55. The zero-order valence-corrected chi connectivity index (χ0v) is 13.1. The van der Waals surface area contributed by atoms with Gasteiger partial charge in [-0.25, -0.2) is 0 Å². The number of esters is 1. The molecule has 2 aromatic heterocycles. The average Bonchev–Trinajstić information content (AvgIpc) is 2.99. The van der Waals surface area contributed by atoms with E-state index >= 15 is 0 Å². The molecule has 1 fully saturated rings. The van der Waals surface area contributed by atoms with Gasteiger partial charge in [0.2, 0.25) is 11.9 Å². The molecule has 116 valence electrons. The molecule has 0 radical (unpaired) electrons. The van der Waals surface area contributed by atoms with Gasteiger partial charge in [0.25, 0.3) is 0 Å². The molecule has 0 unspecified atom stereocenters. The Labute approximate surface area is 131 Å². The number of H-pyrrole nitrogens is 1. The van der Waals surface area contributed by atoms with Crippen LogP contribution in [-0.4, -0.2) is 34.2 Å². The Balaban J connectivity index is 1.57. The van der Waals surface area contributed by atoms with E-state index in [9.17, 15) is 9.59 Å². The Hall–Kier alpha value is -2.22. The summed E-state index contributed by atoms with van der Waals surface area (Å²) in [4.78, 5) is 28.7. The average molecular weight is 320 g/mol. The highest BCUT2D eigenvalue weighted by Gasteiger charge is 2.45. The maximum Gasteiger partial charge on any atom is 0.313 e. The molecule has 7 nitrogen and oxygen atoms in total. The van der Waals surface area contributed by atoms with Gasteiger partial charge in [0.15, 0.2) is 0 Å². The molecule has 2 atom stereocenters. The number of nitrogens with one attached hydrogen (secondary N) is 2. The van der Waals surface area contributed by atoms with Gasteiger partial charge in [0.1, 0.15) is 12.2 Å². The molecule has 1 aliphatic rings. The SMILES string of the molecule is COC(=O)Cc1nc(NC(=O)[C@@H]2C[C@H]2c2sccc2C)n[nH]1. The van der Waals surface area contributed by atoms with Gasteiger partial charge < -0.3 is 4.74 Å². The Bertz CT molecular complexity index is 709. The van der Waals surface area contributed by atoms with Gasteiger partial charge in [-0.05, 0) is 30.4 Å². The van der Waals surface area contributed by atoms with Gasteiger partial charge >= 0.3 is 5.97 Å². The second-order valence-electron chi connectivity index (χ2n) is 5.26. The van der Waals surface area contributed by atoms with Crippen molar-refractivity contribution in [2.45, 2.75) is 25.7 Å². The normalized spacial score (nSPS) is 19.7. The van der Waals surface area contributed by atoms with Crippen LogP contribution in [0.2, 0.25) is 0 Å². The number of aromatic amines is 1. The minimum absolute atomic E-state index is 0.000184. The fourth-order valence-electron chi connectivity index (χ4n) is 2.38. The van der Waals surface area contributed by atoms with Crippen molar-refractivity contribution < 1.29 is 14.3 Å². The lowest BCUT2D eigenvalue weighted by Crippen LogP contribution is -2.15. The van der Waals surface area contributed by atoms with E-state index in [0.717, 1.165) is 6.42 Å². The van der Waals surface area contributed by atoms with Gasteiger partial charge in [0.05, 0.1) is 7.11 Å². The highest BCUT2D eigenvalue weighted by atomic mass is 32.1. The van der Waals surface area contributed by atoms with Crippen LogP contribution >= 0.6 is 11.3 Å². The van der Waals surface area contributed by atoms with Gasteiger partial charge in [-0.3, -0.25) is 20.0 Å². The molecule has 0 bridgehead atoms. The third-order valence-electron chi connectivity index (χ3n) is 3.67. The van der Waals surface area contributed by atoms with E-state index in [-0.39, 0.29) is 24.2 Å². The third kappa shape index (κ3) is 3.01. The molecule has 2 heterocycles. The van der Waals surface area contributed by atoms with Crippen molar-refractivity contribution in [2.75, 3.05) is 12.4 Å². The van der Waals surface area contributed by atoms with Crippen molar-refractivity contribution in [3.8, 4) is 0 Å². The lowest BCUT2D eigenvalue weighted by atomic mass is 10.2. The number of hydrogen-bond donors (Lipinski definition) is 2. The van der Waals surface area contributed by atoms with Crippen LogP contribution in [0.5, 0.6) is 0 Å². The molecule has 1 saturated carbocycles. The van der Waals surface area contributed by atoms with Crippen LogP contribution in [0.1, 0.15) is 28.6 Å². The number of hydrogen-bond acceptors (Lipinski definition) is 6. The first-order valence-electron chi connectivity index (χ1n) is 6.91. The molecule has 8 heteroatoms. The molecule has 2 N–H and O–H groups in total. The van der Waals surface area contributed by atoms with E-state index in [1.54, 1.807) is 11.3 Å². The molecule has 0 saturated heterocycles. The highest BCUT2D eigenvalue weighted by molar-refractivity contribution is 7.10. The van der Waals surface area contributed by atoms with Crippen LogP contribution in [-0.2, 0) is 20.7 Å². The van der Waals surface area contributed by atoms with Crippen molar-refractivity contribution in [2.24, 2.45) is 5.92 Å². The second kappa shape index (κ2) is 5.88. The largest absolute Gasteiger partial charge is 0.469 e. The molecular formula is C14H16N4O3S. The Morgan fingerprint density at radius 1 is 1.55 bits per heavy atom. The Morgan fingerprint density at radius 3 is 3.05 bits per heavy atom. The number of carbonyl (C=O) groups is 2. The second-order valence-corrected chi connectivity index (χ2v) is 6.21. The summed E-state index contributed by atoms with van der Waals surface area (Å²) in [7, 11) is 1.31. The number of anilines is 1. The molecule has 1 aliphatic carbocycles. The summed E-state index contributed by atoms with van der Waals surface area (Å²) in [5.41, 5.74) is 1.24. The van der Waals surface area contributed by atoms with Gasteiger partial charge in [-0.15, -0.1) is 16.4 Å². The maximum absolute atomic E-state index is 12.2. The summed E-state index contributed by atoms with van der Waals surface area (Å²) in [6, 6.07) is 2.07. The van der Waals surface area contributed by atoms with Crippen LogP contribution in [0.4, 0.5) is 5.95 Å². The van der Waals surface area contributed by atoms with E-state index < -0.39 is 5.97 Å². The van der Waals surface area contributed by atoms with E-state index in [1.165, 1.54) is 17.6 Å². The number of carbonyl (C=O) groups excluding carboxylic acids is 2. The quantitative estimate of drug-likeness (QED) is 0.816. The first kappa shape index (κ1) is 14.7. The van der Waals surface area contributed by atoms with Crippen molar-refractivity contribution in [3.05, 3.63) is 27.7 Å². The number of thiophene rings is 1. The lowest BCUT2D eigenvalue weighted by molar-refractivity contribution is -0.139. The summed E-state index contributed by atoms with van der Waals surface area (Å²) in [6.45, 7) is 2.06. The lowest BCUT2D eigenvalue weighted by Gasteiger charge is -2.00. The standard InChI is InChI=1S/C14H16N4O3S/c1-7-3-4-22-12(7)8-5-9(8)13(20)16-14-15-10(17-18-14)6-11(19)21-2/h3-4,8-9H,5-6H2,1-2H3,(H2,15,16,17,18,20)/t8-,9-/m1/s1. The van der Waals surface area contributed by atoms with Crippen LogP contribution in [0.15, 0.2) is 11.4 Å². The highest BCUT2D eigenvalue weighted by Crippen LogP contribution is 2.50. The number of nitrogens with zero attached hydrogens (tertiary/aromatic N) is 2. The smallest absolute Gasteiger partial charge is 0.313 e. The monoisotopic (exact) mass is 320 g/mol. The summed E-state index contributed by atoms with van der Waals surface area (Å²) >= 11 is 1.69. The van der Waals surface area contributed by atoms with Crippen molar-refractivity contribution in [1.82, 2.24) is 15.2 Å². The summed E-state index contributed by atoms with van der Waals surface area (Å²) in [5, 5.41) is 11.2. The van der Waals surface area contributed by atoms with E-state index in [4.69, 9.17) is 0 Å². The number of aryl methyl sites for hydroxylation is 1. The number of rotatable bonds is 5. The molecule has 22 heavy (non-hydrogen) atoms. The van der Waals surface area contributed by atoms with Crippen molar-refractivity contribution in [3.63, 3.8) is 0 Å². The number of aromatic nitrogens is 3. The van der Waals surface area contributed by atoms with E-state index in [0.29, 0.717) is 11.7 Å². The zero-order chi connectivity index (χ0) is 15.7. The molecule has 0 aromatic carbocycles.